The van der Waals surface area contributed by atoms with Gasteiger partial charge in [-0.2, -0.15) is 0 Å². The summed E-state index contributed by atoms with van der Waals surface area (Å²) in [6.45, 7) is 1.81. The van der Waals surface area contributed by atoms with Gasteiger partial charge in [0.15, 0.2) is 5.78 Å². The summed E-state index contributed by atoms with van der Waals surface area (Å²) >= 11 is 3.36. The molecule has 0 unspecified atom stereocenters. The van der Waals surface area contributed by atoms with Gasteiger partial charge in [-0.05, 0) is 56.3 Å². The summed E-state index contributed by atoms with van der Waals surface area (Å²) in [5.41, 5.74) is 1.44. The molecule has 1 aliphatic rings. The molecule has 1 heterocycles. The first-order chi connectivity index (χ1) is 11.6. The van der Waals surface area contributed by atoms with Crippen LogP contribution in [-0.2, 0) is 0 Å². The summed E-state index contributed by atoms with van der Waals surface area (Å²) in [7, 11) is 0. The van der Waals surface area contributed by atoms with Gasteiger partial charge in [-0.3, -0.25) is 9.59 Å². The van der Waals surface area contributed by atoms with Crippen molar-refractivity contribution in [3.05, 3.63) is 69.7 Å². The third-order valence-corrected chi connectivity index (χ3v) is 4.73. The fraction of sp³-hybridized carbons (Fsp3) is 0.263. The quantitative estimate of drug-likeness (QED) is 0.739. The van der Waals surface area contributed by atoms with Crippen LogP contribution in [-0.4, -0.2) is 30.8 Å². The van der Waals surface area contributed by atoms with Crippen molar-refractivity contribution >= 4 is 40.0 Å². The van der Waals surface area contributed by atoms with E-state index in [1.807, 2.05) is 12.1 Å². The molecule has 2 aromatic carbocycles. The Morgan fingerprint density at radius 3 is 2.20 bits per heavy atom. The lowest BCUT2D eigenvalue weighted by Crippen LogP contribution is -2.43. The second-order valence-corrected chi connectivity index (χ2v) is 6.80. The molecule has 0 spiro atoms. The fourth-order valence-corrected chi connectivity index (χ4v) is 3.13. The standard InChI is InChI=1S/C19H19BrN2O2.ClH/c20-14-7-5-13(6-8-14)18(23)16-3-1-2-4-17(16)19(24)22-15-9-11-21-12-10-15;/h1-8,15,21H,9-12H2,(H,22,24);1H. The van der Waals surface area contributed by atoms with Crippen LogP contribution in [0.1, 0.15) is 39.1 Å². The van der Waals surface area contributed by atoms with E-state index in [9.17, 15) is 9.59 Å². The highest BCUT2D eigenvalue weighted by molar-refractivity contribution is 9.10. The van der Waals surface area contributed by atoms with Crippen molar-refractivity contribution in [3.8, 4) is 0 Å². The number of hydrogen-bond donors (Lipinski definition) is 2. The number of carbonyl (C=O) groups is 2. The van der Waals surface area contributed by atoms with Gasteiger partial charge >= 0.3 is 0 Å². The molecule has 6 heteroatoms. The molecule has 1 fully saturated rings. The largest absolute Gasteiger partial charge is 0.349 e. The molecule has 0 aliphatic carbocycles. The molecule has 1 amide bonds. The number of hydrogen-bond acceptors (Lipinski definition) is 3. The van der Waals surface area contributed by atoms with E-state index < -0.39 is 0 Å². The minimum atomic E-state index is -0.178. The Labute approximate surface area is 161 Å². The molecule has 0 saturated carbocycles. The van der Waals surface area contributed by atoms with E-state index >= 15 is 0 Å². The average molecular weight is 424 g/mol. The van der Waals surface area contributed by atoms with Gasteiger partial charge in [-0.25, -0.2) is 0 Å². The Hall–Kier alpha value is -1.69. The van der Waals surface area contributed by atoms with E-state index in [2.05, 4.69) is 26.6 Å². The SMILES string of the molecule is Cl.O=C(NC1CCNCC1)c1ccccc1C(=O)c1ccc(Br)cc1. The summed E-state index contributed by atoms with van der Waals surface area (Å²) in [5.74, 6) is -0.318. The lowest BCUT2D eigenvalue weighted by Gasteiger charge is -2.24. The molecule has 3 rings (SSSR count). The molecule has 132 valence electrons. The maximum Gasteiger partial charge on any atom is 0.252 e. The molecule has 2 aromatic rings. The van der Waals surface area contributed by atoms with Crippen LogP contribution in [0.5, 0.6) is 0 Å². The number of piperidine rings is 1. The molecule has 2 N–H and O–H groups in total. The Morgan fingerprint density at radius 2 is 1.56 bits per heavy atom. The smallest absolute Gasteiger partial charge is 0.252 e. The van der Waals surface area contributed by atoms with Crippen molar-refractivity contribution in [2.45, 2.75) is 18.9 Å². The van der Waals surface area contributed by atoms with E-state index in [1.165, 1.54) is 0 Å². The van der Waals surface area contributed by atoms with Crippen molar-refractivity contribution in [3.63, 3.8) is 0 Å². The van der Waals surface area contributed by atoms with Crippen LogP contribution in [0.4, 0.5) is 0 Å². The van der Waals surface area contributed by atoms with Crippen molar-refractivity contribution < 1.29 is 9.59 Å². The Kier molecular flexibility index (Phi) is 7.17. The first-order valence-corrected chi connectivity index (χ1v) is 8.85. The molecular formula is C19H20BrClN2O2. The summed E-state index contributed by atoms with van der Waals surface area (Å²) in [6, 6.07) is 14.3. The first-order valence-electron chi connectivity index (χ1n) is 8.06. The molecule has 0 aromatic heterocycles. The van der Waals surface area contributed by atoms with Crippen LogP contribution >= 0.6 is 28.3 Å². The third-order valence-electron chi connectivity index (χ3n) is 4.20. The summed E-state index contributed by atoms with van der Waals surface area (Å²) < 4.78 is 0.913. The van der Waals surface area contributed by atoms with Crippen molar-refractivity contribution in [1.82, 2.24) is 10.6 Å². The fourth-order valence-electron chi connectivity index (χ4n) is 2.87. The van der Waals surface area contributed by atoms with E-state index in [0.717, 1.165) is 30.4 Å². The molecule has 0 atom stereocenters. The third kappa shape index (κ3) is 4.91. The molecule has 0 bridgehead atoms. The van der Waals surface area contributed by atoms with Gasteiger partial charge in [-0.1, -0.05) is 34.1 Å². The van der Waals surface area contributed by atoms with Gasteiger partial charge in [0, 0.05) is 21.6 Å². The second-order valence-electron chi connectivity index (χ2n) is 5.88. The van der Waals surface area contributed by atoms with Crippen LogP contribution < -0.4 is 10.6 Å². The molecule has 0 radical (unpaired) electrons. The lowest BCUT2D eigenvalue weighted by molar-refractivity contribution is 0.0920. The number of halogens is 2. The van der Waals surface area contributed by atoms with Gasteiger partial charge < -0.3 is 10.6 Å². The number of amides is 1. The minimum Gasteiger partial charge on any atom is -0.349 e. The summed E-state index contributed by atoms with van der Waals surface area (Å²) in [6.07, 6.45) is 1.82. The molecule has 1 aliphatic heterocycles. The predicted molar refractivity (Wildman–Crippen MR) is 105 cm³/mol. The van der Waals surface area contributed by atoms with Crippen LogP contribution in [0.2, 0.25) is 0 Å². The number of carbonyl (C=O) groups excluding carboxylic acids is 2. The Balaban J connectivity index is 0.00000225. The molecule has 25 heavy (non-hydrogen) atoms. The Morgan fingerprint density at radius 1 is 0.960 bits per heavy atom. The van der Waals surface area contributed by atoms with Crippen LogP contribution in [0.15, 0.2) is 53.0 Å². The Bertz CT molecular complexity index is 743. The van der Waals surface area contributed by atoms with E-state index in [0.29, 0.717) is 16.7 Å². The maximum atomic E-state index is 12.8. The van der Waals surface area contributed by atoms with Gasteiger partial charge in [0.05, 0.1) is 5.56 Å². The van der Waals surface area contributed by atoms with Crippen LogP contribution in [0.25, 0.3) is 0 Å². The number of benzene rings is 2. The monoisotopic (exact) mass is 422 g/mol. The predicted octanol–water partition coefficient (Wildman–Crippen LogP) is 3.58. The van der Waals surface area contributed by atoms with Gasteiger partial charge in [0.2, 0.25) is 0 Å². The van der Waals surface area contributed by atoms with Crippen LogP contribution in [0.3, 0.4) is 0 Å². The maximum absolute atomic E-state index is 12.8. The van der Waals surface area contributed by atoms with Gasteiger partial charge in [0.1, 0.15) is 0 Å². The van der Waals surface area contributed by atoms with Crippen molar-refractivity contribution in [1.29, 1.82) is 0 Å². The van der Waals surface area contributed by atoms with Crippen molar-refractivity contribution in [2.75, 3.05) is 13.1 Å². The number of rotatable bonds is 4. The zero-order chi connectivity index (χ0) is 16.9. The van der Waals surface area contributed by atoms with E-state index in [1.54, 1.807) is 36.4 Å². The lowest BCUT2D eigenvalue weighted by atomic mass is 9.97. The molecule has 1 saturated heterocycles. The van der Waals surface area contributed by atoms with Crippen molar-refractivity contribution in [2.24, 2.45) is 0 Å². The first kappa shape index (κ1) is 19.6. The van der Waals surface area contributed by atoms with Gasteiger partial charge in [-0.15, -0.1) is 12.4 Å². The van der Waals surface area contributed by atoms with E-state index in [4.69, 9.17) is 0 Å². The highest BCUT2D eigenvalue weighted by Gasteiger charge is 2.21. The van der Waals surface area contributed by atoms with Gasteiger partial charge in [0.25, 0.3) is 5.91 Å². The highest BCUT2D eigenvalue weighted by Crippen LogP contribution is 2.18. The highest BCUT2D eigenvalue weighted by atomic mass is 79.9. The molecular weight excluding hydrogens is 404 g/mol. The van der Waals surface area contributed by atoms with E-state index in [-0.39, 0.29) is 30.1 Å². The zero-order valence-electron chi connectivity index (χ0n) is 13.6. The van der Waals surface area contributed by atoms with Crippen LogP contribution in [0, 0.1) is 0 Å². The zero-order valence-corrected chi connectivity index (χ0v) is 16.0. The summed E-state index contributed by atoms with van der Waals surface area (Å²) in [4.78, 5) is 25.4. The average Bonchev–Trinajstić information content (AvgIpc) is 2.62. The number of nitrogens with one attached hydrogen (secondary N) is 2. The number of ketones is 1. The summed E-state index contributed by atoms with van der Waals surface area (Å²) in [5, 5.41) is 6.33. The second kappa shape index (κ2) is 9.13. The normalized spacial score (nSPS) is 14.4. The topological polar surface area (TPSA) is 58.2 Å². The molecule has 4 nitrogen and oxygen atoms in total. The minimum absolute atomic E-state index is 0.